The molecule has 1 aromatic heterocycles. The number of nitriles is 1. The van der Waals surface area contributed by atoms with Crippen LogP contribution >= 0.6 is 0 Å². The van der Waals surface area contributed by atoms with E-state index >= 15 is 0 Å². The number of allylic oxidation sites excluding steroid dienone is 1. The Balaban J connectivity index is 2.20. The van der Waals surface area contributed by atoms with Gasteiger partial charge in [0.05, 0.1) is 18.6 Å². The highest BCUT2D eigenvalue weighted by atomic mass is 16.5. The second-order valence-electron chi connectivity index (χ2n) is 7.02. The number of hydrogen-bond acceptors (Lipinski definition) is 6. The highest BCUT2D eigenvalue weighted by Crippen LogP contribution is 2.40. The van der Waals surface area contributed by atoms with E-state index in [0.29, 0.717) is 23.6 Å². The van der Waals surface area contributed by atoms with Crippen LogP contribution < -0.4 is 20.8 Å². The Kier molecular flexibility index (Phi) is 5.43. The minimum absolute atomic E-state index is 0.0284. The number of likely N-dealkylation sites (N-methyl/N-ethyl adjacent to an activating group) is 1. The molecule has 0 fully saturated rings. The van der Waals surface area contributed by atoms with Crippen molar-refractivity contribution in [3.8, 4) is 17.6 Å². The standard InChI is InChI=1S/C21H24N4O3/c1-13-11-17-19(21(26)25(13)10-9-24(2)3)18(16(12-22)20(23)28-17)14-5-7-15(27-4)8-6-14/h5-8,11,18H,9-10,23H2,1-4H3/t18-/m0/s1. The topological polar surface area (TPSA) is 93.5 Å². The SMILES string of the molecule is COc1ccc([C@H]2C(C#N)=C(N)Oc3cc(C)n(CCN(C)C)c(=O)c32)cc1. The third-order valence-electron chi connectivity index (χ3n) is 4.91. The number of hydrogen-bond donors (Lipinski definition) is 1. The third-order valence-corrected chi connectivity index (χ3v) is 4.91. The van der Waals surface area contributed by atoms with Gasteiger partial charge in [-0.15, -0.1) is 0 Å². The summed E-state index contributed by atoms with van der Waals surface area (Å²) in [5, 5.41) is 9.70. The van der Waals surface area contributed by atoms with E-state index in [9.17, 15) is 10.1 Å². The lowest BCUT2D eigenvalue weighted by atomic mass is 9.84. The van der Waals surface area contributed by atoms with E-state index in [2.05, 4.69) is 6.07 Å². The van der Waals surface area contributed by atoms with Crippen LogP contribution in [0.1, 0.15) is 22.7 Å². The molecule has 0 aliphatic carbocycles. The van der Waals surface area contributed by atoms with Crippen molar-refractivity contribution >= 4 is 0 Å². The number of aryl methyl sites for hydroxylation is 1. The van der Waals surface area contributed by atoms with Crippen molar-refractivity contribution in [2.75, 3.05) is 27.7 Å². The van der Waals surface area contributed by atoms with Gasteiger partial charge in [0.1, 0.15) is 23.1 Å². The van der Waals surface area contributed by atoms with Crippen molar-refractivity contribution in [2.45, 2.75) is 19.4 Å². The summed E-state index contributed by atoms with van der Waals surface area (Å²) < 4.78 is 12.6. The number of aromatic nitrogens is 1. The molecule has 0 amide bonds. The van der Waals surface area contributed by atoms with Gasteiger partial charge in [-0.2, -0.15) is 5.26 Å². The Morgan fingerprint density at radius 1 is 1.32 bits per heavy atom. The Bertz CT molecular complexity index is 1010. The highest BCUT2D eigenvalue weighted by molar-refractivity contribution is 5.55. The van der Waals surface area contributed by atoms with E-state index in [-0.39, 0.29) is 17.0 Å². The molecule has 146 valence electrons. The molecule has 0 radical (unpaired) electrons. The second-order valence-corrected chi connectivity index (χ2v) is 7.02. The van der Waals surface area contributed by atoms with Crippen LogP contribution in [0.3, 0.4) is 0 Å². The molecule has 28 heavy (non-hydrogen) atoms. The Labute approximate surface area is 164 Å². The van der Waals surface area contributed by atoms with Gasteiger partial charge in [0.25, 0.3) is 5.56 Å². The number of methoxy groups -OCH3 is 1. The van der Waals surface area contributed by atoms with Gasteiger partial charge in [-0.3, -0.25) is 4.79 Å². The minimum atomic E-state index is -0.585. The molecule has 1 aliphatic heterocycles. The van der Waals surface area contributed by atoms with Gasteiger partial charge in [0.2, 0.25) is 5.88 Å². The molecule has 1 atom stereocenters. The van der Waals surface area contributed by atoms with E-state index in [4.69, 9.17) is 15.2 Å². The van der Waals surface area contributed by atoms with Crippen molar-refractivity contribution in [1.82, 2.24) is 9.47 Å². The zero-order valence-corrected chi connectivity index (χ0v) is 16.5. The van der Waals surface area contributed by atoms with Crippen molar-refractivity contribution in [3.05, 3.63) is 69.0 Å². The van der Waals surface area contributed by atoms with Crippen LogP contribution in [0.4, 0.5) is 0 Å². The summed E-state index contributed by atoms with van der Waals surface area (Å²) in [6, 6.07) is 11.2. The van der Waals surface area contributed by atoms with Crippen LogP contribution in [0.2, 0.25) is 0 Å². The largest absolute Gasteiger partial charge is 0.497 e. The number of nitrogens with two attached hydrogens (primary N) is 1. The van der Waals surface area contributed by atoms with Crippen LogP contribution in [0.25, 0.3) is 0 Å². The van der Waals surface area contributed by atoms with Gasteiger partial charge in [-0.05, 0) is 38.7 Å². The van der Waals surface area contributed by atoms with Crippen molar-refractivity contribution < 1.29 is 9.47 Å². The van der Waals surface area contributed by atoms with E-state index in [1.54, 1.807) is 23.8 Å². The van der Waals surface area contributed by atoms with Crippen molar-refractivity contribution in [3.63, 3.8) is 0 Å². The first kappa shape index (κ1) is 19.5. The molecule has 0 bridgehead atoms. The lowest BCUT2D eigenvalue weighted by Crippen LogP contribution is -2.34. The number of fused-ring (bicyclic) bond motifs is 1. The molecule has 2 aromatic rings. The quantitative estimate of drug-likeness (QED) is 0.852. The van der Waals surface area contributed by atoms with Gasteiger partial charge >= 0.3 is 0 Å². The van der Waals surface area contributed by atoms with E-state index < -0.39 is 5.92 Å². The summed E-state index contributed by atoms with van der Waals surface area (Å²) in [5.74, 6) is 0.540. The van der Waals surface area contributed by atoms with Gasteiger partial charge in [-0.1, -0.05) is 12.1 Å². The fraction of sp³-hybridized carbons (Fsp3) is 0.333. The van der Waals surface area contributed by atoms with E-state index in [0.717, 1.165) is 17.8 Å². The lowest BCUT2D eigenvalue weighted by Gasteiger charge is -2.27. The van der Waals surface area contributed by atoms with Crippen molar-refractivity contribution in [1.29, 1.82) is 5.26 Å². The molecular formula is C21H24N4O3. The summed E-state index contributed by atoms with van der Waals surface area (Å²) in [6.07, 6.45) is 0. The molecule has 7 nitrogen and oxygen atoms in total. The van der Waals surface area contributed by atoms with Gasteiger partial charge < -0.3 is 24.7 Å². The zero-order valence-electron chi connectivity index (χ0n) is 16.5. The summed E-state index contributed by atoms with van der Waals surface area (Å²) in [6.45, 7) is 3.13. The predicted octanol–water partition coefficient (Wildman–Crippen LogP) is 1.95. The number of pyridine rings is 1. The first-order valence-electron chi connectivity index (χ1n) is 8.98. The summed E-state index contributed by atoms with van der Waals surface area (Å²) in [7, 11) is 5.50. The fourth-order valence-electron chi connectivity index (χ4n) is 3.39. The molecular weight excluding hydrogens is 356 g/mol. The Hall–Kier alpha value is -3.24. The third kappa shape index (κ3) is 3.47. The molecule has 2 heterocycles. The molecule has 0 spiro atoms. The number of rotatable bonds is 5. The maximum atomic E-state index is 13.4. The normalized spacial score (nSPS) is 15.8. The van der Waals surface area contributed by atoms with E-state index in [1.165, 1.54) is 0 Å². The lowest BCUT2D eigenvalue weighted by molar-refractivity contribution is 0.369. The van der Waals surface area contributed by atoms with Crippen LogP contribution in [-0.4, -0.2) is 37.2 Å². The second kappa shape index (κ2) is 7.79. The maximum Gasteiger partial charge on any atom is 0.258 e. The Morgan fingerprint density at radius 3 is 2.57 bits per heavy atom. The number of benzene rings is 1. The average Bonchev–Trinajstić information content (AvgIpc) is 2.66. The highest BCUT2D eigenvalue weighted by Gasteiger charge is 2.34. The molecule has 0 saturated heterocycles. The molecule has 0 saturated carbocycles. The van der Waals surface area contributed by atoms with Gasteiger partial charge in [0, 0.05) is 24.8 Å². The number of ether oxygens (including phenoxy) is 2. The first-order chi connectivity index (χ1) is 13.4. The summed E-state index contributed by atoms with van der Waals surface area (Å²) in [4.78, 5) is 15.4. The smallest absolute Gasteiger partial charge is 0.258 e. The van der Waals surface area contributed by atoms with Crippen LogP contribution in [0, 0.1) is 18.3 Å². The van der Waals surface area contributed by atoms with Crippen LogP contribution in [-0.2, 0) is 6.54 Å². The minimum Gasteiger partial charge on any atom is -0.497 e. The maximum absolute atomic E-state index is 13.4. The van der Waals surface area contributed by atoms with Gasteiger partial charge in [-0.25, -0.2) is 0 Å². The number of nitrogens with zero attached hydrogens (tertiary/aromatic N) is 3. The summed E-state index contributed by atoms with van der Waals surface area (Å²) >= 11 is 0. The first-order valence-corrected chi connectivity index (χ1v) is 8.98. The average molecular weight is 380 g/mol. The predicted molar refractivity (Wildman–Crippen MR) is 106 cm³/mol. The fourth-order valence-corrected chi connectivity index (χ4v) is 3.39. The van der Waals surface area contributed by atoms with Crippen LogP contribution in [0.15, 0.2) is 46.6 Å². The van der Waals surface area contributed by atoms with E-state index in [1.807, 2.05) is 44.1 Å². The molecule has 1 aromatic carbocycles. The molecule has 1 aliphatic rings. The monoisotopic (exact) mass is 380 g/mol. The summed E-state index contributed by atoms with van der Waals surface area (Å²) in [5.41, 5.74) is 8.08. The zero-order chi connectivity index (χ0) is 20.4. The molecule has 3 rings (SSSR count). The van der Waals surface area contributed by atoms with Crippen molar-refractivity contribution in [2.24, 2.45) is 5.73 Å². The molecule has 0 unspecified atom stereocenters. The van der Waals surface area contributed by atoms with Gasteiger partial charge in [0.15, 0.2) is 0 Å². The molecule has 7 heteroatoms. The Morgan fingerprint density at radius 2 is 2.00 bits per heavy atom. The van der Waals surface area contributed by atoms with Crippen LogP contribution in [0.5, 0.6) is 11.5 Å². The molecule has 2 N–H and O–H groups in total.